The molecule has 0 radical (unpaired) electrons. The molecule has 1 fully saturated rings. The van der Waals surface area contributed by atoms with Crippen LogP contribution in [0.4, 0.5) is 16.2 Å². The van der Waals surface area contributed by atoms with Gasteiger partial charge in [0.2, 0.25) is 0 Å². The van der Waals surface area contributed by atoms with Crippen molar-refractivity contribution < 1.29 is 4.79 Å². The van der Waals surface area contributed by atoms with Gasteiger partial charge in [-0.15, -0.1) is 0 Å². The summed E-state index contributed by atoms with van der Waals surface area (Å²) >= 11 is 0. The summed E-state index contributed by atoms with van der Waals surface area (Å²) in [4.78, 5) is 16.8. The molecule has 1 aliphatic heterocycles. The van der Waals surface area contributed by atoms with Crippen LogP contribution >= 0.6 is 0 Å². The molecule has 2 aromatic carbocycles. The summed E-state index contributed by atoms with van der Waals surface area (Å²) in [5.41, 5.74) is 3.17. The van der Waals surface area contributed by atoms with E-state index in [1.165, 1.54) is 5.56 Å². The van der Waals surface area contributed by atoms with Crippen molar-refractivity contribution in [3.05, 3.63) is 60.2 Å². The fourth-order valence-electron chi connectivity index (χ4n) is 3.39. The van der Waals surface area contributed by atoms with Crippen LogP contribution in [0.25, 0.3) is 0 Å². The number of para-hydroxylation sites is 2. The highest BCUT2D eigenvalue weighted by Gasteiger charge is 2.21. The van der Waals surface area contributed by atoms with Crippen LogP contribution in [0.2, 0.25) is 0 Å². The van der Waals surface area contributed by atoms with Gasteiger partial charge in [0.1, 0.15) is 0 Å². The zero-order chi connectivity index (χ0) is 18.4. The molecule has 0 aliphatic carbocycles. The van der Waals surface area contributed by atoms with E-state index in [-0.39, 0.29) is 12.1 Å². The predicted molar refractivity (Wildman–Crippen MR) is 108 cm³/mol. The summed E-state index contributed by atoms with van der Waals surface area (Å²) in [5.74, 6) is 0. The van der Waals surface area contributed by atoms with Gasteiger partial charge >= 0.3 is 6.03 Å². The van der Waals surface area contributed by atoms with Gasteiger partial charge in [0.25, 0.3) is 0 Å². The number of nitrogens with one attached hydrogen (secondary N) is 2. The van der Waals surface area contributed by atoms with Crippen LogP contribution in [-0.4, -0.2) is 44.2 Å². The second kappa shape index (κ2) is 8.72. The Labute approximate surface area is 156 Å². The van der Waals surface area contributed by atoms with Crippen LogP contribution in [0.5, 0.6) is 0 Å². The maximum atomic E-state index is 12.4. The third-order valence-corrected chi connectivity index (χ3v) is 4.81. The number of rotatable bonds is 5. The third kappa shape index (κ3) is 4.99. The topological polar surface area (TPSA) is 47.6 Å². The van der Waals surface area contributed by atoms with Crippen molar-refractivity contribution in [2.45, 2.75) is 25.4 Å². The Morgan fingerprint density at radius 3 is 2.38 bits per heavy atom. The molecule has 0 atom stereocenters. The maximum absolute atomic E-state index is 12.4. The van der Waals surface area contributed by atoms with E-state index in [1.807, 2.05) is 49.3 Å². The molecule has 1 heterocycles. The zero-order valence-electron chi connectivity index (χ0n) is 15.6. The van der Waals surface area contributed by atoms with Crippen LogP contribution in [0.15, 0.2) is 54.6 Å². The largest absolute Gasteiger partial charge is 0.376 e. The van der Waals surface area contributed by atoms with Crippen molar-refractivity contribution in [3.63, 3.8) is 0 Å². The average molecular weight is 352 g/mol. The first-order valence-electron chi connectivity index (χ1n) is 9.22. The van der Waals surface area contributed by atoms with Gasteiger partial charge in [0, 0.05) is 39.8 Å². The van der Waals surface area contributed by atoms with E-state index in [1.54, 1.807) is 0 Å². The number of anilines is 2. The second-order valence-electron chi connectivity index (χ2n) is 7.05. The van der Waals surface area contributed by atoms with Crippen LogP contribution in [0, 0.1) is 0 Å². The third-order valence-electron chi connectivity index (χ3n) is 4.81. The van der Waals surface area contributed by atoms with Gasteiger partial charge in [0.15, 0.2) is 0 Å². The first-order valence-corrected chi connectivity index (χ1v) is 9.22. The molecular formula is C21H28N4O. The number of carbonyl (C=O) groups excluding carboxylic acids is 1. The molecule has 0 aromatic heterocycles. The van der Waals surface area contributed by atoms with Crippen molar-refractivity contribution >= 4 is 17.4 Å². The normalized spacial score (nSPS) is 15.5. The lowest BCUT2D eigenvalue weighted by Gasteiger charge is -2.32. The molecule has 5 heteroatoms. The van der Waals surface area contributed by atoms with Crippen LogP contribution < -0.4 is 15.5 Å². The van der Waals surface area contributed by atoms with E-state index in [0.29, 0.717) is 0 Å². The van der Waals surface area contributed by atoms with Gasteiger partial charge in [-0.3, -0.25) is 4.90 Å². The Balaban J connectivity index is 1.46. The van der Waals surface area contributed by atoms with E-state index in [9.17, 15) is 4.79 Å². The number of likely N-dealkylation sites (tertiary alicyclic amines) is 1. The number of piperidine rings is 1. The van der Waals surface area contributed by atoms with Gasteiger partial charge < -0.3 is 15.5 Å². The molecule has 26 heavy (non-hydrogen) atoms. The predicted octanol–water partition coefficient (Wildman–Crippen LogP) is 3.54. The molecule has 3 rings (SSSR count). The zero-order valence-corrected chi connectivity index (χ0v) is 15.6. The molecule has 2 amide bonds. The second-order valence-corrected chi connectivity index (χ2v) is 7.05. The number of hydrogen-bond acceptors (Lipinski definition) is 3. The summed E-state index contributed by atoms with van der Waals surface area (Å²) in [6.45, 7) is 3.00. The van der Waals surface area contributed by atoms with Crippen molar-refractivity contribution in [1.29, 1.82) is 0 Å². The summed E-state index contributed by atoms with van der Waals surface area (Å²) < 4.78 is 0. The smallest absolute Gasteiger partial charge is 0.319 e. The van der Waals surface area contributed by atoms with Crippen LogP contribution in [0.3, 0.4) is 0 Å². The first-order chi connectivity index (χ1) is 12.6. The Kier molecular flexibility index (Phi) is 6.12. The molecule has 1 saturated heterocycles. The van der Waals surface area contributed by atoms with E-state index < -0.39 is 0 Å². The van der Waals surface area contributed by atoms with Crippen molar-refractivity contribution in [2.75, 3.05) is 37.4 Å². The lowest BCUT2D eigenvalue weighted by Crippen LogP contribution is -2.45. The summed E-state index contributed by atoms with van der Waals surface area (Å²) in [6, 6.07) is 18.5. The summed E-state index contributed by atoms with van der Waals surface area (Å²) in [7, 11) is 3.95. The Morgan fingerprint density at radius 1 is 1.04 bits per heavy atom. The molecular weight excluding hydrogens is 324 g/mol. The molecule has 2 aromatic rings. The van der Waals surface area contributed by atoms with Gasteiger partial charge in [-0.2, -0.15) is 0 Å². The Bertz CT molecular complexity index is 709. The molecule has 138 valence electrons. The Morgan fingerprint density at radius 2 is 1.69 bits per heavy atom. The molecule has 0 unspecified atom stereocenters. The number of carbonyl (C=O) groups is 1. The van der Waals surface area contributed by atoms with Gasteiger partial charge in [-0.05, 0) is 30.5 Å². The average Bonchev–Trinajstić information content (AvgIpc) is 2.64. The molecule has 1 aliphatic rings. The number of amides is 2. The quantitative estimate of drug-likeness (QED) is 0.865. The highest BCUT2D eigenvalue weighted by molar-refractivity contribution is 5.93. The van der Waals surface area contributed by atoms with E-state index in [2.05, 4.69) is 39.8 Å². The summed E-state index contributed by atoms with van der Waals surface area (Å²) in [6.07, 6.45) is 1.96. The number of urea groups is 1. The molecule has 0 bridgehead atoms. The van der Waals surface area contributed by atoms with Crippen molar-refractivity contribution in [1.82, 2.24) is 10.2 Å². The summed E-state index contributed by atoms with van der Waals surface area (Å²) in [5, 5.41) is 6.11. The van der Waals surface area contributed by atoms with E-state index >= 15 is 0 Å². The maximum Gasteiger partial charge on any atom is 0.319 e. The lowest BCUT2D eigenvalue weighted by molar-refractivity contribution is 0.190. The highest BCUT2D eigenvalue weighted by Crippen LogP contribution is 2.23. The van der Waals surface area contributed by atoms with Crippen LogP contribution in [-0.2, 0) is 6.54 Å². The fourth-order valence-corrected chi connectivity index (χ4v) is 3.39. The van der Waals surface area contributed by atoms with Crippen molar-refractivity contribution in [3.8, 4) is 0 Å². The molecule has 0 spiro atoms. The van der Waals surface area contributed by atoms with Gasteiger partial charge in [-0.1, -0.05) is 42.5 Å². The minimum absolute atomic E-state index is 0.124. The van der Waals surface area contributed by atoms with Gasteiger partial charge in [0.05, 0.1) is 11.4 Å². The minimum Gasteiger partial charge on any atom is -0.376 e. The first kappa shape index (κ1) is 18.3. The number of hydrogen-bond donors (Lipinski definition) is 2. The van der Waals surface area contributed by atoms with E-state index in [4.69, 9.17) is 0 Å². The monoisotopic (exact) mass is 352 g/mol. The van der Waals surface area contributed by atoms with Crippen molar-refractivity contribution in [2.24, 2.45) is 0 Å². The number of benzene rings is 2. The minimum atomic E-state index is -0.124. The standard InChI is InChI=1S/C21H28N4O/c1-24(2)20-11-7-6-10-19(20)23-21(26)22-18-12-14-25(15-13-18)16-17-8-4-3-5-9-17/h3-11,18H,12-16H2,1-2H3,(H2,22,23,26). The molecule has 0 saturated carbocycles. The fraction of sp³-hybridized carbons (Fsp3) is 0.381. The SMILES string of the molecule is CN(C)c1ccccc1NC(=O)NC1CCN(Cc2ccccc2)CC1. The van der Waals surface area contributed by atoms with Gasteiger partial charge in [-0.25, -0.2) is 4.79 Å². The Hall–Kier alpha value is -2.53. The lowest BCUT2D eigenvalue weighted by atomic mass is 10.0. The highest BCUT2D eigenvalue weighted by atomic mass is 16.2. The van der Waals surface area contributed by atoms with E-state index in [0.717, 1.165) is 43.9 Å². The number of nitrogens with zero attached hydrogens (tertiary/aromatic N) is 2. The van der Waals surface area contributed by atoms with Crippen LogP contribution in [0.1, 0.15) is 18.4 Å². The molecule has 5 nitrogen and oxygen atoms in total. The molecule has 2 N–H and O–H groups in total.